The molecule has 0 fully saturated rings. The normalized spacial score (nSPS) is 11.1. The van der Waals surface area contributed by atoms with E-state index in [-0.39, 0.29) is 21.6 Å². The van der Waals surface area contributed by atoms with Crippen molar-refractivity contribution < 1.29 is 13.2 Å². The summed E-state index contributed by atoms with van der Waals surface area (Å²) in [5.74, 6) is 0.247. The van der Waals surface area contributed by atoms with E-state index in [9.17, 15) is 13.2 Å². The van der Waals surface area contributed by atoms with Gasteiger partial charge in [0.05, 0.1) is 10.6 Å². The quantitative estimate of drug-likeness (QED) is 0.569. The largest absolute Gasteiger partial charge is 0.311 e. The number of nitrogens with one attached hydrogen (secondary N) is 2. The third kappa shape index (κ3) is 4.90. The Hall–Kier alpha value is -2.97. The first-order chi connectivity index (χ1) is 13.8. The van der Waals surface area contributed by atoms with Crippen molar-refractivity contribution in [2.24, 2.45) is 0 Å². The van der Waals surface area contributed by atoms with Gasteiger partial charge in [0.2, 0.25) is 5.91 Å². The topological polar surface area (TPSA) is 101 Å². The van der Waals surface area contributed by atoms with Crippen molar-refractivity contribution in [2.45, 2.75) is 25.2 Å². The number of carbonyl (C=O) groups excluding carboxylic acids is 1. The Morgan fingerprint density at radius 2 is 1.83 bits per heavy atom. The third-order valence-corrected chi connectivity index (χ3v) is 5.82. The molecule has 0 saturated heterocycles. The zero-order valence-electron chi connectivity index (χ0n) is 15.8. The number of nitrogens with zero attached hydrogens (tertiary/aromatic N) is 2. The van der Waals surface area contributed by atoms with Gasteiger partial charge in [-0.3, -0.25) is 9.52 Å². The fourth-order valence-corrected chi connectivity index (χ4v) is 3.89. The molecule has 0 spiro atoms. The molecule has 3 rings (SSSR count). The van der Waals surface area contributed by atoms with Crippen LogP contribution in [0.15, 0.2) is 59.8 Å². The van der Waals surface area contributed by atoms with Gasteiger partial charge in [-0.05, 0) is 42.3 Å². The molecule has 7 nitrogen and oxygen atoms in total. The van der Waals surface area contributed by atoms with Crippen LogP contribution < -0.4 is 10.0 Å². The summed E-state index contributed by atoms with van der Waals surface area (Å²) in [5, 5.41) is 2.73. The molecule has 29 heavy (non-hydrogen) atoms. The number of sulfonamides is 1. The highest BCUT2D eigenvalue weighted by molar-refractivity contribution is 7.92. The number of rotatable bonds is 6. The molecule has 0 radical (unpaired) electrons. The Bertz CT molecular complexity index is 1150. The number of carbonyl (C=O) groups is 1. The molecular weight excluding hydrogens is 412 g/mol. The lowest BCUT2D eigenvalue weighted by atomic mass is 10.0. The van der Waals surface area contributed by atoms with Gasteiger partial charge in [0.1, 0.15) is 5.82 Å². The molecule has 3 aromatic rings. The molecule has 0 atom stereocenters. The second-order valence-corrected chi connectivity index (χ2v) is 8.31. The Labute approximate surface area is 174 Å². The van der Waals surface area contributed by atoms with Gasteiger partial charge in [-0.25, -0.2) is 18.4 Å². The molecule has 150 valence electrons. The van der Waals surface area contributed by atoms with Gasteiger partial charge in [-0.15, -0.1) is 0 Å². The molecule has 1 amide bonds. The number of hydrogen-bond acceptors (Lipinski definition) is 5. The third-order valence-electron chi connectivity index (χ3n) is 4.14. The molecule has 0 bridgehead atoms. The zero-order chi connectivity index (χ0) is 21.0. The van der Waals surface area contributed by atoms with Gasteiger partial charge in [-0.1, -0.05) is 36.7 Å². The van der Waals surface area contributed by atoms with E-state index in [2.05, 4.69) is 20.0 Å². The zero-order valence-corrected chi connectivity index (χ0v) is 17.4. The highest BCUT2D eigenvalue weighted by atomic mass is 35.5. The Morgan fingerprint density at radius 3 is 2.52 bits per heavy atom. The number of halogens is 1. The van der Waals surface area contributed by atoms with E-state index in [0.29, 0.717) is 17.8 Å². The Morgan fingerprint density at radius 1 is 1.10 bits per heavy atom. The predicted molar refractivity (Wildman–Crippen MR) is 113 cm³/mol. The van der Waals surface area contributed by atoms with Crippen LogP contribution in [0.5, 0.6) is 0 Å². The average Bonchev–Trinajstić information content (AvgIpc) is 2.71. The van der Waals surface area contributed by atoms with Gasteiger partial charge in [-0.2, -0.15) is 0 Å². The van der Waals surface area contributed by atoms with E-state index in [1.807, 2.05) is 6.92 Å². The lowest BCUT2D eigenvalue weighted by Crippen LogP contribution is -2.13. The summed E-state index contributed by atoms with van der Waals surface area (Å²) in [5.41, 5.74) is 2.37. The molecular formula is C20H19ClN4O3S. The molecule has 2 aromatic heterocycles. The van der Waals surface area contributed by atoms with Crippen LogP contribution in [0.25, 0.3) is 11.1 Å². The van der Waals surface area contributed by atoms with Gasteiger partial charge in [0.25, 0.3) is 10.0 Å². The van der Waals surface area contributed by atoms with Crippen LogP contribution >= 0.6 is 11.6 Å². The van der Waals surface area contributed by atoms with Crippen LogP contribution in [0.3, 0.4) is 0 Å². The van der Waals surface area contributed by atoms with Crippen molar-refractivity contribution in [2.75, 3.05) is 10.0 Å². The minimum absolute atomic E-state index is 0.0273. The second-order valence-electron chi connectivity index (χ2n) is 6.27. The van der Waals surface area contributed by atoms with Crippen LogP contribution in [0.4, 0.5) is 11.5 Å². The van der Waals surface area contributed by atoms with Crippen LogP contribution in [0.2, 0.25) is 5.15 Å². The van der Waals surface area contributed by atoms with Crippen LogP contribution in [0, 0.1) is 6.92 Å². The molecule has 2 N–H and O–H groups in total. The maximum atomic E-state index is 12.6. The van der Waals surface area contributed by atoms with E-state index in [1.54, 1.807) is 43.5 Å². The van der Waals surface area contributed by atoms with E-state index in [0.717, 1.165) is 11.1 Å². The highest BCUT2D eigenvalue weighted by Crippen LogP contribution is 2.31. The number of hydrogen-bond donors (Lipinski definition) is 2. The highest BCUT2D eigenvalue weighted by Gasteiger charge is 2.17. The fraction of sp³-hybridized carbons (Fsp3) is 0.150. The second kappa shape index (κ2) is 8.59. The molecule has 0 unspecified atom stereocenters. The van der Waals surface area contributed by atoms with Crippen molar-refractivity contribution in [3.63, 3.8) is 0 Å². The van der Waals surface area contributed by atoms with Crippen LogP contribution in [-0.4, -0.2) is 24.3 Å². The molecule has 1 aromatic carbocycles. The Kier molecular flexibility index (Phi) is 6.14. The lowest BCUT2D eigenvalue weighted by molar-refractivity contribution is -0.115. The molecule has 0 saturated carbocycles. The van der Waals surface area contributed by atoms with Gasteiger partial charge >= 0.3 is 0 Å². The summed E-state index contributed by atoms with van der Waals surface area (Å²) < 4.78 is 27.7. The SMILES string of the molecule is CCC(=O)Nc1cc(-c2cnc(Cl)c(NS(=O)(=O)c3ccccc3)c2)c(C)cn1. The van der Waals surface area contributed by atoms with Crippen LogP contribution in [-0.2, 0) is 14.8 Å². The number of aryl methyl sites for hydroxylation is 1. The van der Waals surface area contributed by atoms with Gasteiger partial charge < -0.3 is 5.32 Å². The molecule has 0 aliphatic carbocycles. The van der Waals surface area contributed by atoms with Crippen molar-refractivity contribution in [1.82, 2.24) is 9.97 Å². The first-order valence-corrected chi connectivity index (χ1v) is 10.7. The number of aromatic nitrogens is 2. The summed E-state index contributed by atoms with van der Waals surface area (Å²) in [7, 11) is -3.82. The lowest BCUT2D eigenvalue weighted by Gasteiger charge is -2.13. The molecule has 0 aliphatic rings. The molecule has 9 heteroatoms. The van der Waals surface area contributed by atoms with E-state index in [1.165, 1.54) is 18.3 Å². The fourth-order valence-electron chi connectivity index (χ4n) is 2.60. The number of amides is 1. The van der Waals surface area contributed by atoms with Crippen molar-refractivity contribution >= 4 is 39.0 Å². The van der Waals surface area contributed by atoms with Crippen LogP contribution in [0.1, 0.15) is 18.9 Å². The monoisotopic (exact) mass is 430 g/mol. The maximum Gasteiger partial charge on any atom is 0.261 e. The first-order valence-electron chi connectivity index (χ1n) is 8.80. The predicted octanol–water partition coefficient (Wildman–Crippen LogP) is 4.25. The van der Waals surface area contributed by atoms with Gasteiger partial charge in [0.15, 0.2) is 5.15 Å². The summed E-state index contributed by atoms with van der Waals surface area (Å²) in [6.07, 6.45) is 3.50. The number of pyridine rings is 2. The summed E-state index contributed by atoms with van der Waals surface area (Å²) in [6, 6.07) is 11.3. The van der Waals surface area contributed by atoms with E-state index >= 15 is 0 Å². The summed E-state index contributed by atoms with van der Waals surface area (Å²) >= 11 is 6.13. The van der Waals surface area contributed by atoms with E-state index < -0.39 is 10.0 Å². The summed E-state index contributed by atoms with van der Waals surface area (Å²) in [6.45, 7) is 3.61. The van der Waals surface area contributed by atoms with E-state index in [4.69, 9.17) is 11.6 Å². The minimum Gasteiger partial charge on any atom is -0.311 e. The minimum atomic E-state index is -3.82. The molecule has 2 heterocycles. The van der Waals surface area contributed by atoms with Crippen molar-refractivity contribution in [3.05, 3.63) is 65.6 Å². The Balaban J connectivity index is 1.98. The average molecular weight is 431 g/mol. The smallest absolute Gasteiger partial charge is 0.261 e. The first kappa shape index (κ1) is 20.8. The maximum absolute atomic E-state index is 12.6. The number of benzene rings is 1. The summed E-state index contributed by atoms with van der Waals surface area (Å²) in [4.78, 5) is 20.1. The molecule has 0 aliphatic heterocycles. The van der Waals surface area contributed by atoms with Crippen molar-refractivity contribution in [3.8, 4) is 11.1 Å². The van der Waals surface area contributed by atoms with Crippen molar-refractivity contribution in [1.29, 1.82) is 0 Å². The standard InChI is InChI=1S/C20H19ClN4O3S/c1-3-19(26)24-18-10-16(13(2)11-22-18)14-9-17(20(21)23-12-14)25-29(27,28)15-7-5-4-6-8-15/h4-12,25H,3H2,1-2H3,(H,22,24,26). The van der Waals surface area contributed by atoms with Gasteiger partial charge in [0, 0.05) is 24.4 Å². The number of anilines is 2.